The van der Waals surface area contributed by atoms with E-state index in [1.54, 1.807) is 4.90 Å². The van der Waals surface area contributed by atoms with Crippen LogP contribution in [0.1, 0.15) is 37.4 Å². The molecule has 0 unspecified atom stereocenters. The maximum atomic E-state index is 12.4. The van der Waals surface area contributed by atoms with Gasteiger partial charge >= 0.3 is 0 Å². The van der Waals surface area contributed by atoms with E-state index in [9.17, 15) is 9.59 Å². The van der Waals surface area contributed by atoms with E-state index in [-0.39, 0.29) is 24.2 Å². The molecule has 1 saturated heterocycles. The summed E-state index contributed by atoms with van der Waals surface area (Å²) in [6.45, 7) is 5.09. The second-order valence-electron chi connectivity index (χ2n) is 6.51. The molecule has 2 aromatic rings. The molecule has 2 N–H and O–H groups in total. The van der Waals surface area contributed by atoms with E-state index in [1.807, 2.05) is 36.4 Å². The number of rotatable bonds is 5. The van der Waals surface area contributed by atoms with Gasteiger partial charge in [0.1, 0.15) is 0 Å². The fraction of sp³-hybridized carbons (Fsp3) is 0.389. The predicted octanol–water partition coefficient (Wildman–Crippen LogP) is 2.52. The van der Waals surface area contributed by atoms with Crippen molar-refractivity contribution in [1.29, 1.82) is 0 Å². The Balaban J connectivity index is 1.59. The van der Waals surface area contributed by atoms with Crippen LogP contribution in [0.15, 0.2) is 36.4 Å². The summed E-state index contributed by atoms with van der Waals surface area (Å²) in [5.74, 6) is 0.361. The number of hydrogen-bond acceptors (Lipinski definition) is 3. The highest BCUT2D eigenvalue weighted by Crippen LogP contribution is 2.22. The van der Waals surface area contributed by atoms with Crippen molar-refractivity contribution in [1.82, 2.24) is 15.1 Å². The molecule has 1 fully saturated rings. The summed E-state index contributed by atoms with van der Waals surface area (Å²) in [5, 5.41) is 9.81. The predicted molar refractivity (Wildman–Crippen MR) is 91.3 cm³/mol. The minimum Gasteiger partial charge on any atom is -0.338 e. The molecule has 1 atom stereocenters. The normalized spacial score (nSPS) is 17.5. The average Bonchev–Trinajstić information content (AvgIpc) is 3.16. The number of carbonyl (C=O) groups excluding carboxylic acids is 2. The molecule has 0 aliphatic carbocycles. The van der Waals surface area contributed by atoms with E-state index in [0.717, 1.165) is 11.3 Å². The van der Waals surface area contributed by atoms with Crippen LogP contribution in [0.2, 0.25) is 0 Å². The zero-order valence-electron chi connectivity index (χ0n) is 14.0. The first-order chi connectivity index (χ1) is 11.5. The maximum Gasteiger partial charge on any atom is 0.230 e. The smallest absolute Gasteiger partial charge is 0.230 e. The van der Waals surface area contributed by atoms with Crippen LogP contribution < -0.4 is 5.32 Å². The number of anilines is 1. The van der Waals surface area contributed by atoms with Crippen molar-refractivity contribution in [2.45, 2.75) is 32.7 Å². The van der Waals surface area contributed by atoms with Gasteiger partial charge in [0.15, 0.2) is 5.82 Å². The first-order valence-electron chi connectivity index (χ1n) is 8.21. The van der Waals surface area contributed by atoms with Crippen LogP contribution in [0.4, 0.5) is 5.82 Å². The second kappa shape index (κ2) is 6.86. The van der Waals surface area contributed by atoms with Gasteiger partial charge in [-0.1, -0.05) is 44.2 Å². The van der Waals surface area contributed by atoms with Crippen LogP contribution in [0.3, 0.4) is 0 Å². The molecule has 1 aliphatic rings. The van der Waals surface area contributed by atoms with Crippen molar-refractivity contribution in [2.75, 3.05) is 11.9 Å². The van der Waals surface area contributed by atoms with Crippen LogP contribution in [-0.2, 0) is 16.1 Å². The van der Waals surface area contributed by atoms with Crippen molar-refractivity contribution >= 4 is 17.6 Å². The van der Waals surface area contributed by atoms with Gasteiger partial charge < -0.3 is 10.2 Å². The van der Waals surface area contributed by atoms with Gasteiger partial charge in [0.2, 0.25) is 11.8 Å². The first kappa shape index (κ1) is 16.2. The molecule has 24 heavy (non-hydrogen) atoms. The number of carbonyl (C=O) groups is 2. The number of aromatic amines is 1. The van der Waals surface area contributed by atoms with Crippen molar-refractivity contribution in [3.63, 3.8) is 0 Å². The fourth-order valence-corrected chi connectivity index (χ4v) is 2.83. The number of amides is 2. The molecule has 1 aliphatic heterocycles. The molecular formula is C18H22N4O2. The molecule has 0 bridgehead atoms. The molecular weight excluding hydrogens is 304 g/mol. The monoisotopic (exact) mass is 326 g/mol. The minimum absolute atomic E-state index is 0.0175. The molecule has 0 radical (unpaired) electrons. The lowest BCUT2D eigenvalue weighted by Gasteiger charge is -2.16. The SMILES string of the molecule is CC(C)c1cc(NC(=O)[C@@H]2CC(=O)N(Cc3ccccc3)C2)n[nH]1. The molecule has 2 heterocycles. The molecule has 1 aromatic heterocycles. The molecule has 0 spiro atoms. The lowest BCUT2D eigenvalue weighted by Crippen LogP contribution is -2.28. The number of hydrogen-bond donors (Lipinski definition) is 2. The van der Waals surface area contributed by atoms with Crippen LogP contribution >= 0.6 is 0 Å². The van der Waals surface area contributed by atoms with Crippen LogP contribution in [0.25, 0.3) is 0 Å². The summed E-state index contributed by atoms with van der Waals surface area (Å²) < 4.78 is 0. The second-order valence-corrected chi connectivity index (χ2v) is 6.51. The maximum absolute atomic E-state index is 12.4. The number of likely N-dealkylation sites (tertiary alicyclic amines) is 1. The Kier molecular flexibility index (Phi) is 4.64. The highest BCUT2D eigenvalue weighted by Gasteiger charge is 2.34. The Morgan fingerprint density at radius 3 is 2.79 bits per heavy atom. The van der Waals surface area contributed by atoms with E-state index < -0.39 is 0 Å². The standard InChI is InChI=1S/C18H22N4O2/c1-12(2)15-9-16(21-20-15)19-18(24)14-8-17(23)22(11-14)10-13-6-4-3-5-7-13/h3-7,9,12,14H,8,10-11H2,1-2H3,(H2,19,20,21,24)/t14-/m1/s1. The highest BCUT2D eigenvalue weighted by molar-refractivity contribution is 5.96. The Bertz CT molecular complexity index is 724. The Morgan fingerprint density at radius 2 is 2.12 bits per heavy atom. The van der Waals surface area contributed by atoms with Gasteiger partial charge in [0.05, 0.1) is 5.92 Å². The third kappa shape index (κ3) is 3.64. The molecule has 2 amide bonds. The molecule has 6 nitrogen and oxygen atoms in total. The van der Waals surface area contributed by atoms with Gasteiger partial charge in [-0.2, -0.15) is 5.10 Å². The third-order valence-electron chi connectivity index (χ3n) is 4.27. The van der Waals surface area contributed by atoms with E-state index in [2.05, 4.69) is 29.4 Å². The summed E-state index contributed by atoms with van der Waals surface area (Å²) in [7, 11) is 0. The highest BCUT2D eigenvalue weighted by atomic mass is 16.2. The lowest BCUT2D eigenvalue weighted by atomic mass is 10.1. The zero-order valence-corrected chi connectivity index (χ0v) is 14.0. The molecule has 126 valence electrons. The van der Waals surface area contributed by atoms with E-state index in [4.69, 9.17) is 0 Å². The molecule has 6 heteroatoms. The Labute approximate surface area is 141 Å². The third-order valence-corrected chi connectivity index (χ3v) is 4.27. The molecule has 1 aromatic carbocycles. The summed E-state index contributed by atoms with van der Waals surface area (Å²) in [6.07, 6.45) is 0.250. The number of H-pyrrole nitrogens is 1. The van der Waals surface area contributed by atoms with Crippen molar-refractivity contribution in [2.24, 2.45) is 5.92 Å². The van der Waals surface area contributed by atoms with E-state index in [1.165, 1.54) is 0 Å². The number of benzene rings is 1. The van der Waals surface area contributed by atoms with Gasteiger partial charge in [0.25, 0.3) is 0 Å². The summed E-state index contributed by atoms with van der Waals surface area (Å²) in [4.78, 5) is 26.3. The van der Waals surface area contributed by atoms with Crippen molar-refractivity contribution in [3.8, 4) is 0 Å². The molecule has 3 rings (SSSR count). The van der Waals surface area contributed by atoms with Crippen LogP contribution in [0, 0.1) is 5.92 Å². The van der Waals surface area contributed by atoms with Crippen molar-refractivity contribution < 1.29 is 9.59 Å². The summed E-state index contributed by atoms with van der Waals surface area (Å²) in [5.41, 5.74) is 2.04. The number of aromatic nitrogens is 2. The topological polar surface area (TPSA) is 78.1 Å². The van der Waals surface area contributed by atoms with Gasteiger partial charge in [-0.05, 0) is 11.5 Å². The summed E-state index contributed by atoms with van der Waals surface area (Å²) in [6, 6.07) is 11.6. The van der Waals surface area contributed by atoms with E-state index in [0.29, 0.717) is 24.8 Å². The van der Waals surface area contributed by atoms with Crippen LogP contribution in [0.5, 0.6) is 0 Å². The lowest BCUT2D eigenvalue weighted by molar-refractivity contribution is -0.128. The summed E-state index contributed by atoms with van der Waals surface area (Å²) >= 11 is 0. The first-order valence-corrected chi connectivity index (χ1v) is 8.21. The largest absolute Gasteiger partial charge is 0.338 e. The fourth-order valence-electron chi connectivity index (χ4n) is 2.83. The van der Waals surface area contributed by atoms with Gasteiger partial charge in [-0.15, -0.1) is 0 Å². The van der Waals surface area contributed by atoms with Crippen molar-refractivity contribution in [3.05, 3.63) is 47.7 Å². The van der Waals surface area contributed by atoms with Gasteiger partial charge in [-0.25, -0.2) is 0 Å². The zero-order chi connectivity index (χ0) is 17.1. The van der Waals surface area contributed by atoms with E-state index >= 15 is 0 Å². The van der Waals surface area contributed by atoms with Gasteiger partial charge in [0, 0.05) is 31.3 Å². The Hall–Kier alpha value is -2.63. The molecule has 0 saturated carbocycles. The number of nitrogens with one attached hydrogen (secondary N) is 2. The Morgan fingerprint density at radius 1 is 1.38 bits per heavy atom. The van der Waals surface area contributed by atoms with Crippen LogP contribution in [-0.4, -0.2) is 33.5 Å². The van der Waals surface area contributed by atoms with Gasteiger partial charge in [-0.3, -0.25) is 14.7 Å². The minimum atomic E-state index is -0.333. The average molecular weight is 326 g/mol. The number of nitrogens with zero attached hydrogens (tertiary/aromatic N) is 2. The quantitative estimate of drug-likeness (QED) is 0.886.